The minimum absolute atomic E-state index is 0.0443. The fraction of sp³-hybridized carbons (Fsp3) is 0.462. The molecule has 5 heteroatoms. The molecule has 0 saturated heterocycles. The number of thioether (sulfide) groups is 1. The molecule has 0 aliphatic heterocycles. The fourth-order valence-corrected chi connectivity index (χ4v) is 2.05. The Morgan fingerprint density at radius 2 is 2.06 bits per heavy atom. The van der Waals surface area contributed by atoms with Gasteiger partial charge >= 0.3 is 0 Å². The van der Waals surface area contributed by atoms with E-state index in [-0.39, 0.29) is 11.7 Å². The molecule has 0 fully saturated rings. The monoisotopic (exact) mass is 268 g/mol. The largest absolute Gasteiger partial charge is 0.508 e. The van der Waals surface area contributed by atoms with E-state index in [9.17, 15) is 9.90 Å². The highest BCUT2D eigenvalue weighted by Gasteiger charge is 2.17. The van der Waals surface area contributed by atoms with Crippen molar-refractivity contribution in [2.75, 3.05) is 25.6 Å². The molecule has 3 N–H and O–H groups in total. The van der Waals surface area contributed by atoms with Crippen LogP contribution in [0.1, 0.15) is 5.56 Å². The SMILES string of the molecule is CSCCN(C)C(=O)C(N)Cc1ccc(O)cc1. The lowest BCUT2D eigenvalue weighted by molar-refractivity contribution is -0.131. The van der Waals surface area contributed by atoms with Gasteiger partial charge in [0.05, 0.1) is 6.04 Å². The average Bonchev–Trinajstić information content (AvgIpc) is 2.37. The molecular weight excluding hydrogens is 248 g/mol. The highest BCUT2D eigenvalue weighted by Crippen LogP contribution is 2.11. The van der Waals surface area contributed by atoms with E-state index in [2.05, 4.69) is 0 Å². The Morgan fingerprint density at radius 1 is 1.44 bits per heavy atom. The molecule has 1 amide bonds. The van der Waals surface area contributed by atoms with E-state index in [0.717, 1.165) is 11.3 Å². The third-order valence-electron chi connectivity index (χ3n) is 2.72. The van der Waals surface area contributed by atoms with Gasteiger partial charge in [0.15, 0.2) is 0 Å². The Balaban J connectivity index is 2.51. The average molecular weight is 268 g/mol. The normalized spacial score (nSPS) is 12.2. The minimum Gasteiger partial charge on any atom is -0.508 e. The molecular formula is C13H20N2O2S. The molecule has 18 heavy (non-hydrogen) atoms. The van der Waals surface area contributed by atoms with Crippen LogP contribution in [-0.2, 0) is 11.2 Å². The lowest BCUT2D eigenvalue weighted by atomic mass is 10.1. The second-order valence-electron chi connectivity index (χ2n) is 4.23. The summed E-state index contributed by atoms with van der Waals surface area (Å²) >= 11 is 1.70. The molecule has 0 aliphatic rings. The van der Waals surface area contributed by atoms with Gasteiger partial charge in [-0.3, -0.25) is 4.79 Å². The van der Waals surface area contributed by atoms with Gasteiger partial charge in [0.25, 0.3) is 0 Å². The van der Waals surface area contributed by atoms with Gasteiger partial charge in [-0.2, -0.15) is 11.8 Å². The molecule has 0 spiro atoms. The van der Waals surface area contributed by atoms with Crippen molar-refractivity contribution < 1.29 is 9.90 Å². The number of carbonyl (C=O) groups is 1. The molecule has 0 aliphatic carbocycles. The number of benzene rings is 1. The van der Waals surface area contributed by atoms with Gasteiger partial charge in [-0.1, -0.05) is 12.1 Å². The van der Waals surface area contributed by atoms with E-state index >= 15 is 0 Å². The Labute approximate surface area is 112 Å². The fourth-order valence-electron chi connectivity index (χ4n) is 1.59. The highest BCUT2D eigenvalue weighted by molar-refractivity contribution is 7.98. The summed E-state index contributed by atoms with van der Waals surface area (Å²) in [5.41, 5.74) is 6.85. The first-order chi connectivity index (χ1) is 8.54. The zero-order chi connectivity index (χ0) is 13.5. The van der Waals surface area contributed by atoms with E-state index < -0.39 is 6.04 Å². The third kappa shape index (κ3) is 4.58. The number of rotatable bonds is 6. The van der Waals surface area contributed by atoms with Gasteiger partial charge in [-0.25, -0.2) is 0 Å². The summed E-state index contributed by atoms with van der Waals surface area (Å²) in [6.45, 7) is 0.712. The number of hydrogen-bond acceptors (Lipinski definition) is 4. The Morgan fingerprint density at radius 3 is 2.61 bits per heavy atom. The maximum absolute atomic E-state index is 12.0. The van der Waals surface area contributed by atoms with Gasteiger partial charge in [0.2, 0.25) is 5.91 Å². The van der Waals surface area contributed by atoms with Crippen LogP contribution in [0.25, 0.3) is 0 Å². The van der Waals surface area contributed by atoms with Gasteiger partial charge in [-0.05, 0) is 30.4 Å². The van der Waals surface area contributed by atoms with E-state index in [1.807, 2.05) is 6.26 Å². The van der Waals surface area contributed by atoms with Gasteiger partial charge in [0, 0.05) is 19.3 Å². The first-order valence-electron chi connectivity index (χ1n) is 5.82. The van der Waals surface area contributed by atoms with Crippen molar-refractivity contribution in [3.8, 4) is 5.75 Å². The minimum atomic E-state index is -0.526. The van der Waals surface area contributed by atoms with E-state index in [0.29, 0.717) is 13.0 Å². The number of phenolic OH excluding ortho intramolecular Hbond substituents is 1. The predicted molar refractivity (Wildman–Crippen MR) is 75.8 cm³/mol. The number of carbonyl (C=O) groups excluding carboxylic acids is 1. The second kappa shape index (κ2) is 7.28. The second-order valence-corrected chi connectivity index (χ2v) is 5.22. The molecule has 0 bridgehead atoms. The molecule has 1 aromatic rings. The Kier molecular flexibility index (Phi) is 6.01. The van der Waals surface area contributed by atoms with Crippen molar-refractivity contribution >= 4 is 17.7 Å². The standard InChI is InChI=1S/C13H20N2O2S/c1-15(7-8-18-2)13(17)12(14)9-10-3-5-11(16)6-4-10/h3-6,12,16H,7-9,14H2,1-2H3. The Bertz CT molecular complexity index is 381. The summed E-state index contributed by atoms with van der Waals surface area (Å²) in [5, 5.41) is 9.18. The van der Waals surface area contributed by atoms with Crippen molar-refractivity contribution in [2.24, 2.45) is 5.73 Å². The number of phenols is 1. The highest BCUT2D eigenvalue weighted by atomic mass is 32.2. The van der Waals surface area contributed by atoms with E-state index in [1.54, 1.807) is 48.0 Å². The number of hydrogen-bond donors (Lipinski definition) is 2. The maximum atomic E-state index is 12.0. The topological polar surface area (TPSA) is 66.6 Å². The van der Waals surface area contributed by atoms with Crippen LogP contribution in [0.15, 0.2) is 24.3 Å². The quantitative estimate of drug-likeness (QED) is 0.810. The molecule has 1 unspecified atom stereocenters. The molecule has 1 atom stereocenters. The molecule has 0 saturated carbocycles. The molecule has 100 valence electrons. The summed E-state index contributed by atoms with van der Waals surface area (Å²) in [5.74, 6) is 1.08. The van der Waals surface area contributed by atoms with Crippen LogP contribution in [-0.4, -0.2) is 47.6 Å². The van der Waals surface area contributed by atoms with Crippen LogP contribution >= 0.6 is 11.8 Å². The first kappa shape index (κ1) is 14.9. The van der Waals surface area contributed by atoms with Crippen LogP contribution < -0.4 is 5.73 Å². The molecule has 0 aromatic heterocycles. The van der Waals surface area contributed by atoms with Crippen molar-refractivity contribution in [2.45, 2.75) is 12.5 Å². The van der Waals surface area contributed by atoms with Crippen molar-refractivity contribution in [1.82, 2.24) is 4.90 Å². The van der Waals surface area contributed by atoms with Crippen LogP contribution in [0.5, 0.6) is 5.75 Å². The summed E-state index contributed by atoms with van der Waals surface area (Å²) in [4.78, 5) is 13.6. The number of likely N-dealkylation sites (N-methyl/N-ethyl adjacent to an activating group) is 1. The van der Waals surface area contributed by atoms with Crippen molar-refractivity contribution in [1.29, 1.82) is 0 Å². The molecule has 4 nitrogen and oxygen atoms in total. The van der Waals surface area contributed by atoms with Crippen LogP contribution in [0.3, 0.4) is 0 Å². The summed E-state index contributed by atoms with van der Waals surface area (Å²) in [6.07, 6.45) is 2.50. The van der Waals surface area contributed by atoms with Crippen LogP contribution in [0.4, 0.5) is 0 Å². The summed E-state index contributed by atoms with van der Waals surface area (Å²) in [7, 11) is 1.77. The predicted octanol–water partition coefficient (Wildman–Crippen LogP) is 1.08. The number of nitrogens with two attached hydrogens (primary N) is 1. The molecule has 0 heterocycles. The molecule has 0 radical (unpaired) electrons. The first-order valence-corrected chi connectivity index (χ1v) is 7.21. The molecule has 1 rings (SSSR count). The Hall–Kier alpha value is -1.20. The lowest BCUT2D eigenvalue weighted by Gasteiger charge is -2.21. The van der Waals surface area contributed by atoms with Crippen LogP contribution in [0.2, 0.25) is 0 Å². The van der Waals surface area contributed by atoms with E-state index in [4.69, 9.17) is 5.73 Å². The zero-order valence-electron chi connectivity index (χ0n) is 10.8. The van der Waals surface area contributed by atoms with Gasteiger partial charge in [-0.15, -0.1) is 0 Å². The van der Waals surface area contributed by atoms with Gasteiger partial charge in [0.1, 0.15) is 5.75 Å². The van der Waals surface area contributed by atoms with Crippen molar-refractivity contribution in [3.63, 3.8) is 0 Å². The van der Waals surface area contributed by atoms with Crippen molar-refractivity contribution in [3.05, 3.63) is 29.8 Å². The van der Waals surface area contributed by atoms with E-state index in [1.165, 1.54) is 0 Å². The smallest absolute Gasteiger partial charge is 0.239 e. The third-order valence-corrected chi connectivity index (χ3v) is 3.31. The van der Waals surface area contributed by atoms with Crippen LogP contribution in [0, 0.1) is 0 Å². The molecule has 1 aromatic carbocycles. The van der Waals surface area contributed by atoms with Gasteiger partial charge < -0.3 is 15.7 Å². The maximum Gasteiger partial charge on any atom is 0.239 e. The lowest BCUT2D eigenvalue weighted by Crippen LogP contribution is -2.43. The summed E-state index contributed by atoms with van der Waals surface area (Å²) < 4.78 is 0. The number of nitrogens with zero attached hydrogens (tertiary/aromatic N) is 1. The number of aromatic hydroxyl groups is 1. The number of amides is 1. The summed E-state index contributed by atoms with van der Waals surface area (Å²) in [6, 6.07) is 6.24. The zero-order valence-corrected chi connectivity index (χ0v) is 11.6.